The van der Waals surface area contributed by atoms with Crippen LogP contribution in [0.4, 0.5) is 0 Å². The molecule has 0 atom stereocenters. The van der Waals surface area contributed by atoms with E-state index in [-0.39, 0.29) is 30.7 Å². The third-order valence-electron chi connectivity index (χ3n) is 3.07. The molecule has 0 aromatic carbocycles. The molecule has 2 aromatic heterocycles. The Balaban J connectivity index is 0.00000220. The number of hydrogen-bond donors (Lipinski definition) is 2. The van der Waals surface area contributed by atoms with Gasteiger partial charge in [0.05, 0.1) is 17.5 Å². The predicted octanol–water partition coefficient (Wildman–Crippen LogP) is 2.96. The highest BCUT2D eigenvalue weighted by Crippen LogP contribution is 2.19. The third-order valence-corrected chi connectivity index (χ3v) is 3.07. The highest BCUT2D eigenvalue weighted by molar-refractivity contribution is 5.95. The van der Waals surface area contributed by atoms with Crippen LogP contribution in [0, 0.1) is 6.92 Å². The maximum Gasteiger partial charge on any atom is 0.253 e. The van der Waals surface area contributed by atoms with E-state index in [1.807, 2.05) is 19.9 Å². The van der Waals surface area contributed by atoms with Crippen molar-refractivity contribution in [2.75, 3.05) is 6.54 Å². The van der Waals surface area contributed by atoms with Gasteiger partial charge < -0.3 is 15.5 Å². The summed E-state index contributed by atoms with van der Waals surface area (Å²) >= 11 is 0. The van der Waals surface area contributed by atoms with Crippen LogP contribution in [0.15, 0.2) is 34.9 Å². The number of pyridine rings is 1. The predicted molar refractivity (Wildman–Crippen MR) is 91.8 cm³/mol. The highest BCUT2D eigenvalue weighted by atomic mass is 35.5. The number of carbonyl (C=O) groups is 1. The minimum atomic E-state index is -0.441. The summed E-state index contributed by atoms with van der Waals surface area (Å²) in [6.07, 6.45) is 1.59. The number of furan rings is 1. The second kappa shape index (κ2) is 8.17. The number of aryl methyl sites for hydroxylation is 1. The number of carbonyl (C=O) groups excluding carboxylic acids is 1. The van der Waals surface area contributed by atoms with Gasteiger partial charge in [-0.05, 0) is 45.0 Å². The standard InChI is InChI=1S/C15H19N3O2.2ClH/c1-10-11(14(19)18-15(2,3)9-16)6-7-12(17-10)13-5-4-8-20-13;;/h4-8H,9,16H2,1-3H3,(H,18,19);2*1H. The fraction of sp³-hybridized carbons (Fsp3) is 0.333. The van der Waals surface area contributed by atoms with Gasteiger partial charge in [0.25, 0.3) is 5.91 Å². The number of nitrogens with two attached hydrogens (primary N) is 1. The molecule has 0 radical (unpaired) electrons. The zero-order chi connectivity index (χ0) is 14.8. The molecule has 0 aliphatic heterocycles. The van der Waals surface area contributed by atoms with E-state index in [0.29, 0.717) is 29.3 Å². The Hall–Kier alpha value is -1.56. The summed E-state index contributed by atoms with van der Waals surface area (Å²) in [6.45, 7) is 5.93. The summed E-state index contributed by atoms with van der Waals surface area (Å²) in [5.74, 6) is 0.513. The smallest absolute Gasteiger partial charge is 0.253 e. The van der Waals surface area contributed by atoms with Gasteiger partial charge in [-0.1, -0.05) is 0 Å². The lowest BCUT2D eigenvalue weighted by Crippen LogP contribution is -2.49. The molecule has 0 aliphatic carbocycles. The molecule has 0 fully saturated rings. The molecule has 2 aromatic rings. The van der Waals surface area contributed by atoms with Crippen LogP contribution in [-0.2, 0) is 0 Å². The monoisotopic (exact) mass is 345 g/mol. The number of nitrogens with one attached hydrogen (secondary N) is 1. The second-order valence-electron chi connectivity index (χ2n) is 5.35. The molecule has 1 amide bonds. The van der Waals surface area contributed by atoms with Gasteiger partial charge in [-0.15, -0.1) is 24.8 Å². The maximum absolute atomic E-state index is 12.2. The molecule has 5 nitrogen and oxygen atoms in total. The van der Waals surface area contributed by atoms with Gasteiger partial charge in [-0.2, -0.15) is 0 Å². The minimum Gasteiger partial charge on any atom is -0.463 e. The molecular weight excluding hydrogens is 325 g/mol. The van der Waals surface area contributed by atoms with Crippen LogP contribution < -0.4 is 11.1 Å². The van der Waals surface area contributed by atoms with Crippen molar-refractivity contribution >= 4 is 30.7 Å². The summed E-state index contributed by atoms with van der Waals surface area (Å²) in [5.41, 5.74) is 7.09. The van der Waals surface area contributed by atoms with Crippen LogP contribution in [0.2, 0.25) is 0 Å². The average Bonchev–Trinajstić information content (AvgIpc) is 2.91. The van der Waals surface area contributed by atoms with Crippen molar-refractivity contribution in [3.63, 3.8) is 0 Å². The van der Waals surface area contributed by atoms with Crippen LogP contribution in [0.25, 0.3) is 11.5 Å². The molecule has 0 saturated carbocycles. The first kappa shape index (κ1) is 20.4. The Kier molecular flexibility index (Phi) is 7.59. The van der Waals surface area contributed by atoms with Crippen LogP contribution in [-0.4, -0.2) is 23.0 Å². The molecule has 0 saturated heterocycles. The van der Waals surface area contributed by atoms with Gasteiger partial charge in [0.1, 0.15) is 5.69 Å². The van der Waals surface area contributed by atoms with Gasteiger partial charge >= 0.3 is 0 Å². The van der Waals surface area contributed by atoms with E-state index in [1.165, 1.54) is 0 Å². The molecule has 0 spiro atoms. The number of halogens is 2. The minimum absolute atomic E-state index is 0. The van der Waals surface area contributed by atoms with Crippen molar-refractivity contribution in [2.45, 2.75) is 26.3 Å². The SMILES string of the molecule is Cc1nc(-c2ccco2)ccc1C(=O)NC(C)(C)CN.Cl.Cl. The van der Waals surface area contributed by atoms with Crippen LogP contribution in [0.5, 0.6) is 0 Å². The fourth-order valence-corrected chi connectivity index (χ4v) is 1.79. The first-order chi connectivity index (χ1) is 9.43. The van der Waals surface area contributed by atoms with E-state index in [2.05, 4.69) is 10.3 Å². The van der Waals surface area contributed by atoms with Gasteiger partial charge in [0, 0.05) is 12.1 Å². The number of aromatic nitrogens is 1. The van der Waals surface area contributed by atoms with E-state index >= 15 is 0 Å². The Morgan fingerprint density at radius 2 is 2.00 bits per heavy atom. The van der Waals surface area contributed by atoms with Crippen LogP contribution >= 0.6 is 24.8 Å². The lowest BCUT2D eigenvalue weighted by atomic mass is 10.0. The zero-order valence-corrected chi connectivity index (χ0v) is 14.4. The molecule has 0 aliphatic rings. The van der Waals surface area contributed by atoms with Crippen molar-refractivity contribution in [3.05, 3.63) is 41.8 Å². The first-order valence-electron chi connectivity index (χ1n) is 6.47. The van der Waals surface area contributed by atoms with E-state index in [1.54, 1.807) is 31.4 Å². The Morgan fingerprint density at radius 1 is 1.32 bits per heavy atom. The average molecular weight is 346 g/mol. The fourth-order valence-electron chi connectivity index (χ4n) is 1.79. The molecule has 22 heavy (non-hydrogen) atoms. The molecular formula is C15H21Cl2N3O2. The topological polar surface area (TPSA) is 81.2 Å². The molecule has 2 rings (SSSR count). The maximum atomic E-state index is 12.2. The Bertz CT molecular complexity index is 613. The van der Waals surface area contributed by atoms with Crippen molar-refractivity contribution in [2.24, 2.45) is 5.73 Å². The lowest BCUT2D eigenvalue weighted by Gasteiger charge is -2.24. The number of amides is 1. The van der Waals surface area contributed by atoms with Crippen LogP contribution in [0.1, 0.15) is 29.9 Å². The van der Waals surface area contributed by atoms with Crippen LogP contribution in [0.3, 0.4) is 0 Å². The number of nitrogens with zero attached hydrogens (tertiary/aromatic N) is 1. The molecule has 3 N–H and O–H groups in total. The summed E-state index contributed by atoms with van der Waals surface area (Å²) in [5, 5.41) is 2.89. The quantitative estimate of drug-likeness (QED) is 0.892. The van der Waals surface area contributed by atoms with Gasteiger partial charge in [0.2, 0.25) is 0 Å². The molecule has 2 heterocycles. The highest BCUT2D eigenvalue weighted by Gasteiger charge is 2.21. The largest absolute Gasteiger partial charge is 0.463 e. The molecule has 7 heteroatoms. The summed E-state index contributed by atoms with van der Waals surface area (Å²) in [6, 6.07) is 7.16. The third kappa shape index (κ3) is 4.73. The Morgan fingerprint density at radius 3 is 2.50 bits per heavy atom. The summed E-state index contributed by atoms with van der Waals surface area (Å²) in [7, 11) is 0. The normalized spacial score (nSPS) is 10.4. The van der Waals surface area contributed by atoms with E-state index in [4.69, 9.17) is 10.2 Å². The van der Waals surface area contributed by atoms with E-state index in [9.17, 15) is 4.79 Å². The zero-order valence-electron chi connectivity index (χ0n) is 12.8. The van der Waals surface area contributed by atoms with Gasteiger partial charge in [0.15, 0.2) is 5.76 Å². The number of rotatable bonds is 4. The van der Waals surface area contributed by atoms with Crippen molar-refractivity contribution < 1.29 is 9.21 Å². The second-order valence-corrected chi connectivity index (χ2v) is 5.35. The summed E-state index contributed by atoms with van der Waals surface area (Å²) < 4.78 is 5.29. The number of hydrogen-bond acceptors (Lipinski definition) is 4. The molecule has 0 bridgehead atoms. The van der Waals surface area contributed by atoms with Crippen molar-refractivity contribution in [1.29, 1.82) is 0 Å². The molecule has 122 valence electrons. The summed E-state index contributed by atoms with van der Waals surface area (Å²) in [4.78, 5) is 16.6. The molecule has 0 unspecified atom stereocenters. The van der Waals surface area contributed by atoms with Gasteiger partial charge in [-0.3, -0.25) is 4.79 Å². The van der Waals surface area contributed by atoms with Crippen molar-refractivity contribution in [3.8, 4) is 11.5 Å². The lowest BCUT2D eigenvalue weighted by molar-refractivity contribution is 0.0914. The van der Waals surface area contributed by atoms with E-state index in [0.717, 1.165) is 0 Å². The van der Waals surface area contributed by atoms with Gasteiger partial charge in [-0.25, -0.2) is 4.98 Å². The first-order valence-corrected chi connectivity index (χ1v) is 6.47. The van der Waals surface area contributed by atoms with E-state index < -0.39 is 5.54 Å². The Labute approximate surface area is 142 Å². The van der Waals surface area contributed by atoms with Crippen molar-refractivity contribution in [1.82, 2.24) is 10.3 Å².